The molecule has 110 valence electrons. The molecule has 1 aliphatic rings. The van der Waals surface area contributed by atoms with Crippen molar-refractivity contribution >= 4 is 5.91 Å². The highest BCUT2D eigenvalue weighted by Gasteiger charge is 2.36. The maximum absolute atomic E-state index is 13.3. The Morgan fingerprint density at radius 3 is 2.95 bits per heavy atom. The van der Waals surface area contributed by atoms with Gasteiger partial charge in [0.1, 0.15) is 12.0 Å². The fourth-order valence-corrected chi connectivity index (χ4v) is 2.45. The van der Waals surface area contributed by atoms with Crippen molar-refractivity contribution in [2.75, 3.05) is 19.8 Å². The van der Waals surface area contributed by atoms with Gasteiger partial charge in [0.2, 0.25) is 5.91 Å². The molecule has 0 saturated carbocycles. The summed E-state index contributed by atoms with van der Waals surface area (Å²) in [5, 5.41) is 3.21. The maximum Gasteiger partial charge on any atom is 0.241 e. The van der Waals surface area contributed by atoms with Crippen LogP contribution in [0.4, 0.5) is 4.39 Å². The summed E-state index contributed by atoms with van der Waals surface area (Å²) in [6.45, 7) is 5.69. The molecule has 1 saturated heterocycles. The Kier molecular flexibility index (Phi) is 5.09. The second-order valence-corrected chi connectivity index (χ2v) is 4.93. The van der Waals surface area contributed by atoms with Crippen molar-refractivity contribution in [3.63, 3.8) is 0 Å². The minimum absolute atomic E-state index is 0.0516. The Bertz CT molecular complexity index is 467. The number of halogens is 1. The largest absolute Gasteiger partial charge is 0.382 e. The number of carbonyl (C=O) groups excluding carboxylic acids is 1. The average molecular weight is 280 g/mol. The first kappa shape index (κ1) is 14.9. The molecule has 1 aliphatic heterocycles. The van der Waals surface area contributed by atoms with Crippen molar-refractivity contribution in [3.05, 3.63) is 35.6 Å². The van der Waals surface area contributed by atoms with Crippen molar-refractivity contribution in [1.29, 1.82) is 0 Å². The van der Waals surface area contributed by atoms with Gasteiger partial charge in [0, 0.05) is 19.8 Å². The van der Waals surface area contributed by atoms with E-state index in [9.17, 15) is 9.18 Å². The first-order chi connectivity index (χ1) is 9.63. The molecule has 1 amide bonds. The highest BCUT2D eigenvalue weighted by molar-refractivity contribution is 5.84. The van der Waals surface area contributed by atoms with E-state index in [0.29, 0.717) is 19.8 Å². The number of ether oxygens (including phenoxy) is 1. The predicted molar refractivity (Wildman–Crippen MR) is 74.6 cm³/mol. The fraction of sp³-hybridized carbons (Fsp3) is 0.533. The van der Waals surface area contributed by atoms with Crippen LogP contribution in [0.15, 0.2) is 24.3 Å². The zero-order chi connectivity index (χ0) is 14.5. The number of hydrogen-bond acceptors (Lipinski definition) is 3. The summed E-state index contributed by atoms with van der Waals surface area (Å²) < 4.78 is 18.6. The molecule has 2 unspecified atom stereocenters. The molecule has 20 heavy (non-hydrogen) atoms. The topological polar surface area (TPSA) is 41.6 Å². The van der Waals surface area contributed by atoms with E-state index < -0.39 is 0 Å². The Labute approximate surface area is 118 Å². The summed E-state index contributed by atoms with van der Waals surface area (Å²) in [5.41, 5.74) is 0.777. The minimum Gasteiger partial charge on any atom is -0.382 e. The summed E-state index contributed by atoms with van der Waals surface area (Å²) in [7, 11) is 0. The van der Waals surface area contributed by atoms with E-state index in [1.807, 2.05) is 19.9 Å². The van der Waals surface area contributed by atoms with Crippen molar-refractivity contribution in [3.8, 4) is 0 Å². The number of rotatable bonds is 6. The van der Waals surface area contributed by atoms with E-state index in [1.54, 1.807) is 11.0 Å². The third-order valence-corrected chi connectivity index (χ3v) is 3.43. The molecular weight excluding hydrogens is 259 g/mol. The molecule has 0 aliphatic carbocycles. The van der Waals surface area contributed by atoms with E-state index in [1.165, 1.54) is 12.1 Å². The predicted octanol–water partition coefficient (Wildman–Crippen LogP) is 2.07. The van der Waals surface area contributed by atoms with Crippen LogP contribution in [0.2, 0.25) is 0 Å². The lowest BCUT2D eigenvalue weighted by atomic mass is 10.1. The van der Waals surface area contributed by atoms with Crippen molar-refractivity contribution in [2.24, 2.45) is 0 Å². The summed E-state index contributed by atoms with van der Waals surface area (Å²) in [6, 6.07) is 6.14. The van der Waals surface area contributed by atoms with Gasteiger partial charge >= 0.3 is 0 Å². The van der Waals surface area contributed by atoms with Crippen LogP contribution in [0.3, 0.4) is 0 Å². The quantitative estimate of drug-likeness (QED) is 0.811. The van der Waals surface area contributed by atoms with E-state index >= 15 is 0 Å². The number of nitrogens with one attached hydrogen (secondary N) is 1. The standard InChI is InChI=1S/C15H21FN2O2/c1-3-20-9-5-8-18-14(17-11(2)15(18)19)12-6-4-7-13(16)10-12/h4,6-7,10-11,14,17H,3,5,8-9H2,1-2H3. The second-order valence-electron chi connectivity index (χ2n) is 4.93. The van der Waals surface area contributed by atoms with E-state index in [2.05, 4.69) is 5.32 Å². The van der Waals surface area contributed by atoms with Crippen molar-refractivity contribution in [2.45, 2.75) is 32.5 Å². The van der Waals surface area contributed by atoms with Crippen LogP contribution in [0.1, 0.15) is 32.0 Å². The molecule has 0 aromatic heterocycles. The molecule has 1 aromatic carbocycles. The summed E-state index contributed by atoms with van der Waals surface area (Å²) in [4.78, 5) is 13.9. The van der Waals surface area contributed by atoms with Crippen molar-refractivity contribution < 1.29 is 13.9 Å². The van der Waals surface area contributed by atoms with Gasteiger partial charge in [-0.1, -0.05) is 12.1 Å². The van der Waals surface area contributed by atoms with E-state index in [4.69, 9.17) is 4.74 Å². The number of amides is 1. The van der Waals surface area contributed by atoms with Gasteiger partial charge in [-0.25, -0.2) is 4.39 Å². The van der Waals surface area contributed by atoms with Crippen molar-refractivity contribution in [1.82, 2.24) is 10.2 Å². The molecule has 0 radical (unpaired) electrons. The van der Waals surface area contributed by atoms with Crippen LogP contribution in [0.25, 0.3) is 0 Å². The lowest BCUT2D eigenvalue weighted by Crippen LogP contribution is -2.32. The summed E-state index contributed by atoms with van der Waals surface area (Å²) >= 11 is 0. The monoisotopic (exact) mass is 280 g/mol. The SMILES string of the molecule is CCOCCCN1C(=O)C(C)NC1c1cccc(F)c1. The Morgan fingerprint density at radius 2 is 2.25 bits per heavy atom. The molecule has 1 heterocycles. The molecule has 5 heteroatoms. The van der Waals surface area contributed by atoms with Gasteiger partial charge in [0.15, 0.2) is 0 Å². The van der Waals surface area contributed by atoms with Gasteiger partial charge in [-0.2, -0.15) is 0 Å². The lowest BCUT2D eigenvalue weighted by molar-refractivity contribution is -0.130. The molecule has 2 rings (SSSR count). The van der Waals surface area contributed by atoms with Crippen LogP contribution < -0.4 is 5.32 Å². The first-order valence-corrected chi connectivity index (χ1v) is 7.03. The van der Waals surface area contributed by atoms with E-state index in [-0.39, 0.29) is 23.9 Å². The minimum atomic E-state index is -0.287. The smallest absolute Gasteiger partial charge is 0.241 e. The molecule has 1 fully saturated rings. The van der Waals surface area contributed by atoms with Crippen LogP contribution in [-0.4, -0.2) is 36.6 Å². The van der Waals surface area contributed by atoms with Gasteiger partial charge < -0.3 is 9.64 Å². The third kappa shape index (κ3) is 3.35. The zero-order valence-electron chi connectivity index (χ0n) is 11.9. The Morgan fingerprint density at radius 1 is 1.45 bits per heavy atom. The van der Waals surface area contributed by atoms with Crippen LogP contribution in [0.5, 0.6) is 0 Å². The van der Waals surface area contributed by atoms with Gasteiger partial charge in [-0.15, -0.1) is 0 Å². The molecule has 1 N–H and O–H groups in total. The highest BCUT2D eigenvalue weighted by Crippen LogP contribution is 2.25. The lowest BCUT2D eigenvalue weighted by Gasteiger charge is -2.24. The molecule has 0 spiro atoms. The first-order valence-electron chi connectivity index (χ1n) is 7.03. The van der Waals surface area contributed by atoms with Crippen LogP contribution in [0, 0.1) is 5.82 Å². The highest BCUT2D eigenvalue weighted by atomic mass is 19.1. The van der Waals surface area contributed by atoms with Gasteiger partial charge in [0.25, 0.3) is 0 Å². The number of carbonyl (C=O) groups is 1. The molecular formula is C15H21FN2O2. The maximum atomic E-state index is 13.3. The average Bonchev–Trinajstić information content (AvgIpc) is 2.71. The van der Waals surface area contributed by atoms with Gasteiger partial charge in [0.05, 0.1) is 6.04 Å². The molecule has 0 bridgehead atoms. The number of benzene rings is 1. The Balaban J connectivity index is 2.07. The third-order valence-electron chi connectivity index (χ3n) is 3.43. The normalized spacial score (nSPS) is 22.6. The van der Waals surface area contributed by atoms with Crippen LogP contribution in [-0.2, 0) is 9.53 Å². The zero-order valence-corrected chi connectivity index (χ0v) is 11.9. The Hall–Kier alpha value is -1.46. The van der Waals surface area contributed by atoms with Gasteiger partial charge in [-0.05, 0) is 38.0 Å². The van der Waals surface area contributed by atoms with Crippen LogP contribution >= 0.6 is 0 Å². The number of hydrogen-bond donors (Lipinski definition) is 1. The van der Waals surface area contributed by atoms with E-state index in [0.717, 1.165) is 12.0 Å². The second kappa shape index (κ2) is 6.81. The summed E-state index contributed by atoms with van der Waals surface area (Å²) in [6.07, 6.45) is 0.523. The molecule has 4 nitrogen and oxygen atoms in total. The fourth-order valence-electron chi connectivity index (χ4n) is 2.45. The van der Waals surface area contributed by atoms with Gasteiger partial charge in [-0.3, -0.25) is 10.1 Å². The molecule has 1 aromatic rings. The number of nitrogens with zero attached hydrogens (tertiary/aromatic N) is 1. The molecule has 2 atom stereocenters. The summed E-state index contributed by atoms with van der Waals surface area (Å²) in [5.74, 6) is -0.235.